The summed E-state index contributed by atoms with van der Waals surface area (Å²) in [7, 11) is -4.26. The second kappa shape index (κ2) is 7.68. The average Bonchev–Trinajstić information content (AvgIpc) is 2.53. The molecule has 0 fully saturated rings. The first-order chi connectivity index (χ1) is 11.6. The summed E-state index contributed by atoms with van der Waals surface area (Å²) >= 11 is 22.9. The Labute approximate surface area is 164 Å². The lowest BCUT2D eigenvalue weighted by molar-refractivity contribution is -0.112. The lowest BCUT2D eigenvalue weighted by atomic mass is 10.2. The molecule has 2 aromatic rings. The minimum Gasteiger partial charge on any atom is -0.279 e. The molecule has 1 unspecified atom stereocenters. The molecule has 0 bridgehead atoms. The monoisotopic (exact) mass is 443 g/mol. The van der Waals surface area contributed by atoms with Crippen molar-refractivity contribution >= 4 is 67.4 Å². The molecule has 10 heteroatoms. The van der Waals surface area contributed by atoms with Gasteiger partial charge >= 0.3 is 0 Å². The molecule has 1 atom stereocenters. The van der Waals surface area contributed by atoms with Crippen LogP contribution < -0.4 is 4.31 Å². The van der Waals surface area contributed by atoms with Gasteiger partial charge < -0.3 is 0 Å². The first kappa shape index (κ1) is 20.3. The van der Waals surface area contributed by atoms with Crippen molar-refractivity contribution in [3.05, 3.63) is 57.3 Å². The molecule has 0 radical (unpaired) electrons. The zero-order valence-electron chi connectivity index (χ0n) is 12.5. The number of nitrogens with zero attached hydrogens (tertiary/aromatic N) is 1. The zero-order chi connectivity index (χ0) is 18.9. The third-order valence-electron chi connectivity index (χ3n) is 3.29. The maximum absolute atomic E-state index is 13.4. The predicted molar refractivity (Wildman–Crippen MR) is 97.9 cm³/mol. The molecule has 0 amide bonds. The van der Waals surface area contributed by atoms with E-state index in [1.165, 1.54) is 25.1 Å². The maximum atomic E-state index is 13.4. The molecule has 0 spiro atoms. The Bertz CT molecular complexity index is 936. The molecule has 2 aromatic carbocycles. The molecule has 0 aliphatic rings. The first-order valence-electron chi connectivity index (χ1n) is 6.69. The zero-order valence-corrected chi connectivity index (χ0v) is 16.4. The summed E-state index contributed by atoms with van der Waals surface area (Å²) in [5, 5.41) is -1.05. The first-order valence-corrected chi connectivity index (χ1v) is 9.64. The number of halogens is 5. The Morgan fingerprint density at radius 3 is 2.20 bits per heavy atom. The van der Waals surface area contributed by atoms with E-state index in [0.717, 1.165) is 22.5 Å². The van der Waals surface area contributed by atoms with Crippen molar-refractivity contribution in [3.8, 4) is 0 Å². The summed E-state index contributed by atoms with van der Waals surface area (Å²) in [6, 6.07) is 5.65. The van der Waals surface area contributed by atoms with Gasteiger partial charge in [0.1, 0.15) is 11.9 Å². The van der Waals surface area contributed by atoms with E-state index < -0.39 is 27.1 Å². The highest BCUT2D eigenvalue weighted by molar-refractivity contribution is 7.93. The van der Waals surface area contributed by atoms with Crippen LogP contribution in [0, 0.1) is 5.82 Å². The van der Waals surface area contributed by atoms with Crippen molar-refractivity contribution in [2.75, 3.05) is 4.31 Å². The summed E-state index contributed by atoms with van der Waals surface area (Å²) in [4.78, 5) is 11.4. The minimum atomic E-state index is -4.26. The highest BCUT2D eigenvalue weighted by Crippen LogP contribution is 2.32. The van der Waals surface area contributed by atoms with E-state index in [1.54, 1.807) is 0 Å². The van der Waals surface area contributed by atoms with Crippen molar-refractivity contribution < 1.29 is 17.6 Å². The molecule has 0 heterocycles. The molecule has 0 aliphatic carbocycles. The van der Waals surface area contributed by atoms with Crippen molar-refractivity contribution in [2.45, 2.75) is 17.9 Å². The van der Waals surface area contributed by atoms with Gasteiger partial charge in [-0.1, -0.05) is 34.8 Å². The van der Waals surface area contributed by atoms with E-state index in [2.05, 4.69) is 0 Å². The molecule has 2 rings (SSSR count). The van der Waals surface area contributed by atoms with Crippen LogP contribution in [0.5, 0.6) is 0 Å². The molecule has 134 valence electrons. The number of hydrogen-bond donors (Lipinski definition) is 0. The number of benzene rings is 2. The Balaban J connectivity index is 2.67. The summed E-state index contributed by atoms with van der Waals surface area (Å²) in [6.07, 6.45) is 0. The molecular formula is C15H10Cl4FNO3S. The second-order valence-electron chi connectivity index (χ2n) is 4.96. The van der Waals surface area contributed by atoms with Crippen LogP contribution in [-0.4, -0.2) is 19.7 Å². The quantitative estimate of drug-likeness (QED) is 0.600. The molecular weight excluding hydrogens is 435 g/mol. The van der Waals surface area contributed by atoms with Crippen LogP contribution in [0.15, 0.2) is 41.3 Å². The second-order valence-corrected chi connectivity index (χ2v) is 8.36. The highest BCUT2D eigenvalue weighted by Gasteiger charge is 2.33. The number of rotatable bonds is 5. The van der Waals surface area contributed by atoms with Crippen molar-refractivity contribution in [2.24, 2.45) is 0 Å². The van der Waals surface area contributed by atoms with Crippen LogP contribution >= 0.6 is 46.4 Å². The Morgan fingerprint density at radius 1 is 1.04 bits per heavy atom. The van der Waals surface area contributed by atoms with Crippen molar-refractivity contribution in [1.29, 1.82) is 0 Å². The van der Waals surface area contributed by atoms with Gasteiger partial charge in [-0.05, 0) is 54.9 Å². The predicted octanol–water partition coefficient (Wildman–Crippen LogP) is 5.14. The number of anilines is 1. The lowest BCUT2D eigenvalue weighted by Gasteiger charge is -2.28. The van der Waals surface area contributed by atoms with Crippen molar-refractivity contribution in [1.82, 2.24) is 0 Å². The standard InChI is InChI=1S/C15H10Cl4FNO3S/c1-8(15(19)22)21(9-2-5-14(20)13(18)6-9)25(23,24)10-3-4-11(16)12(17)7-10/h2-8H,1H3. The van der Waals surface area contributed by atoms with E-state index >= 15 is 0 Å². The molecule has 4 nitrogen and oxygen atoms in total. The van der Waals surface area contributed by atoms with Crippen LogP contribution in [0.2, 0.25) is 15.1 Å². The lowest BCUT2D eigenvalue weighted by Crippen LogP contribution is -2.42. The van der Waals surface area contributed by atoms with Crippen molar-refractivity contribution in [3.63, 3.8) is 0 Å². The number of sulfonamides is 1. The van der Waals surface area contributed by atoms with Gasteiger partial charge in [0.05, 0.1) is 25.7 Å². The Kier molecular flexibility index (Phi) is 6.22. The van der Waals surface area contributed by atoms with Crippen LogP contribution in [0.1, 0.15) is 6.92 Å². The summed E-state index contributed by atoms with van der Waals surface area (Å²) in [5.74, 6) is -0.734. The smallest absolute Gasteiger partial charge is 0.265 e. The fourth-order valence-corrected chi connectivity index (χ4v) is 4.37. The number of carbonyl (C=O) groups is 1. The van der Waals surface area contributed by atoms with Crippen LogP contribution in [-0.2, 0) is 14.8 Å². The van der Waals surface area contributed by atoms with Crippen LogP contribution in [0.4, 0.5) is 10.1 Å². The molecule has 0 aromatic heterocycles. The van der Waals surface area contributed by atoms with Gasteiger partial charge in [-0.25, -0.2) is 12.8 Å². The van der Waals surface area contributed by atoms with E-state index in [9.17, 15) is 17.6 Å². The van der Waals surface area contributed by atoms with Gasteiger partial charge in [0.15, 0.2) is 0 Å². The van der Waals surface area contributed by atoms with Gasteiger partial charge in [0.25, 0.3) is 10.0 Å². The van der Waals surface area contributed by atoms with Gasteiger partial charge in [0, 0.05) is 0 Å². The number of hydrogen-bond acceptors (Lipinski definition) is 3. The third-order valence-corrected chi connectivity index (χ3v) is 6.52. The molecule has 0 saturated carbocycles. The van der Waals surface area contributed by atoms with Gasteiger partial charge in [-0.3, -0.25) is 9.10 Å². The van der Waals surface area contributed by atoms with Gasteiger partial charge in [0.2, 0.25) is 5.24 Å². The SMILES string of the molecule is CC(C(=O)Cl)N(c1ccc(F)c(Cl)c1)S(=O)(=O)c1ccc(Cl)c(Cl)c1. The minimum absolute atomic E-state index is 0.0182. The summed E-state index contributed by atoms with van der Waals surface area (Å²) in [5.41, 5.74) is -0.0287. The molecule has 0 saturated heterocycles. The van der Waals surface area contributed by atoms with E-state index in [4.69, 9.17) is 46.4 Å². The average molecular weight is 445 g/mol. The van der Waals surface area contributed by atoms with E-state index in [0.29, 0.717) is 0 Å². The van der Waals surface area contributed by atoms with Gasteiger partial charge in [-0.2, -0.15) is 0 Å². The normalized spacial score (nSPS) is 12.7. The molecule has 25 heavy (non-hydrogen) atoms. The molecule has 0 aliphatic heterocycles. The Morgan fingerprint density at radius 2 is 1.68 bits per heavy atom. The highest BCUT2D eigenvalue weighted by atomic mass is 35.5. The Hall–Kier alpha value is -1.05. The topological polar surface area (TPSA) is 54.5 Å². The van der Waals surface area contributed by atoms with Gasteiger partial charge in [-0.15, -0.1) is 0 Å². The largest absolute Gasteiger partial charge is 0.279 e. The number of carbonyl (C=O) groups excluding carboxylic acids is 1. The van der Waals surface area contributed by atoms with E-state index in [1.807, 2.05) is 0 Å². The van der Waals surface area contributed by atoms with E-state index in [-0.39, 0.29) is 25.7 Å². The summed E-state index contributed by atoms with van der Waals surface area (Å²) in [6.45, 7) is 1.29. The third kappa shape index (κ3) is 4.20. The van der Waals surface area contributed by atoms with Crippen LogP contribution in [0.3, 0.4) is 0 Å². The van der Waals surface area contributed by atoms with Crippen LogP contribution in [0.25, 0.3) is 0 Å². The fourth-order valence-electron chi connectivity index (χ4n) is 2.04. The maximum Gasteiger partial charge on any atom is 0.265 e. The molecule has 0 N–H and O–H groups in total. The fraction of sp³-hybridized carbons (Fsp3) is 0.133. The summed E-state index contributed by atoms with van der Waals surface area (Å²) < 4.78 is 40.2.